The van der Waals surface area contributed by atoms with E-state index in [0.717, 1.165) is 50.6 Å². The summed E-state index contributed by atoms with van der Waals surface area (Å²) in [5.41, 5.74) is 6.66. The minimum Gasteiger partial charge on any atom is -0.497 e. The van der Waals surface area contributed by atoms with Crippen molar-refractivity contribution in [3.63, 3.8) is 0 Å². The lowest BCUT2D eigenvalue weighted by molar-refractivity contribution is -0.119. The number of ether oxygens (including phenoxy) is 1. The molecule has 1 saturated heterocycles. The number of guanidine groups is 1. The highest BCUT2D eigenvalue weighted by Crippen LogP contribution is 2.22. The van der Waals surface area contributed by atoms with Crippen LogP contribution in [0.3, 0.4) is 0 Å². The Morgan fingerprint density at radius 1 is 1.41 bits per heavy atom. The maximum Gasteiger partial charge on any atom is 0.217 e. The van der Waals surface area contributed by atoms with E-state index in [1.165, 1.54) is 5.56 Å². The molecule has 2 atom stereocenters. The first-order valence-electron chi connectivity index (χ1n) is 9.41. The third kappa shape index (κ3) is 7.56. The van der Waals surface area contributed by atoms with Crippen molar-refractivity contribution in [2.75, 3.05) is 33.8 Å². The van der Waals surface area contributed by atoms with Crippen LogP contribution in [0.15, 0.2) is 29.3 Å². The van der Waals surface area contributed by atoms with Crippen LogP contribution in [0, 0.1) is 5.92 Å². The van der Waals surface area contributed by atoms with Crippen molar-refractivity contribution >= 4 is 35.8 Å². The Balaban J connectivity index is 0.00000364. The first kappa shape index (κ1) is 23.5. The number of primary amides is 1. The molecule has 1 amide bonds. The van der Waals surface area contributed by atoms with Crippen molar-refractivity contribution in [1.82, 2.24) is 10.2 Å². The summed E-state index contributed by atoms with van der Waals surface area (Å²) in [5.74, 6) is 2.37. The number of amides is 1. The van der Waals surface area contributed by atoms with E-state index in [4.69, 9.17) is 10.5 Å². The third-order valence-corrected chi connectivity index (χ3v) is 5.07. The van der Waals surface area contributed by atoms with E-state index >= 15 is 0 Å². The van der Waals surface area contributed by atoms with Crippen LogP contribution in [0.2, 0.25) is 0 Å². The van der Waals surface area contributed by atoms with Gasteiger partial charge in [0.05, 0.1) is 7.11 Å². The Kier molecular flexibility index (Phi) is 10.5. The van der Waals surface area contributed by atoms with E-state index in [2.05, 4.69) is 34.3 Å². The summed E-state index contributed by atoms with van der Waals surface area (Å²) in [4.78, 5) is 17.8. The molecule has 6 nitrogen and oxygen atoms in total. The number of nitrogens with one attached hydrogen (secondary N) is 1. The number of rotatable bonds is 7. The Labute approximate surface area is 179 Å². The largest absolute Gasteiger partial charge is 0.497 e. The standard InChI is InChI=1S/C20H32N4O2.HI/c1-15(17-6-8-18(26-3)9-7-17)10-11-23-20(22-2)24-12-4-5-16(14-24)13-19(21)25;/h6-9,15-16H,4-5,10-14H2,1-3H3,(H2,21,25)(H,22,23);1H. The van der Waals surface area contributed by atoms with Gasteiger partial charge in [-0.25, -0.2) is 0 Å². The molecule has 0 spiro atoms. The van der Waals surface area contributed by atoms with E-state index < -0.39 is 0 Å². The summed E-state index contributed by atoms with van der Waals surface area (Å²) in [6.45, 7) is 4.91. The van der Waals surface area contributed by atoms with Gasteiger partial charge in [0.25, 0.3) is 0 Å². The molecule has 1 fully saturated rings. The summed E-state index contributed by atoms with van der Waals surface area (Å²) in [5, 5.41) is 3.47. The molecular formula is C20H33IN4O2. The third-order valence-electron chi connectivity index (χ3n) is 5.07. The number of piperidine rings is 1. The number of methoxy groups -OCH3 is 1. The van der Waals surface area contributed by atoms with Gasteiger partial charge in [-0.2, -0.15) is 0 Å². The van der Waals surface area contributed by atoms with Crippen molar-refractivity contribution < 1.29 is 9.53 Å². The summed E-state index contributed by atoms with van der Waals surface area (Å²) < 4.78 is 5.21. The van der Waals surface area contributed by atoms with Crippen LogP contribution in [0.1, 0.15) is 44.1 Å². The molecule has 27 heavy (non-hydrogen) atoms. The number of nitrogens with zero attached hydrogens (tertiary/aromatic N) is 2. The van der Waals surface area contributed by atoms with Crippen LogP contribution in [0.25, 0.3) is 0 Å². The Bertz CT molecular complexity index is 607. The monoisotopic (exact) mass is 488 g/mol. The molecule has 1 aromatic carbocycles. The molecule has 1 aliphatic rings. The lowest BCUT2D eigenvalue weighted by atomic mass is 9.95. The second-order valence-electron chi connectivity index (χ2n) is 7.06. The van der Waals surface area contributed by atoms with E-state index in [1.54, 1.807) is 7.11 Å². The van der Waals surface area contributed by atoms with Crippen molar-refractivity contribution in [2.45, 2.75) is 38.5 Å². The van der Waals surface area contributed by atoms with Crippen LogP contribution < -0.4 is 15.8 Å². The van der Waals surface area contributed by atoms with Crippen molar-refractivity contribution in [1.29, 1.82) is 0 Å². The molecule has 0 radical (unpaired) electrons. The highest BCUT2D eigenvalue weighted by Gasteiger charge is 2.23. The van der Waals surface area contributed by atoms with Crippen LogP contribution in [-0.2, 0) is 4.79 Å². The lowest BCUT2D eigenvalue weighted by Gasteiger charge is -2.34. The minimum atomic E-state index is -0.215. The second-order valence-corrected chi connectivity index (χ2v) is 7.06. The van der Waals surface area contributed by atoms with Crippen molar-refractivity contribution in [3.8, 4) is 5.75 Å². The van der Waals surface area contributed by atoms with Crippen LogP contribution in [-0.4, -0.2) is 50.6 Å². The number of carbonyl (C=O) groups excluding carboxylic acids is 1. The average Bonchev–Trinajstić information content (AvgIpc) is 2.65. The summed E-state index contributed by atoms with van der Waals surface area (Å²) in [7, 11) is 3.50. The lowest BCUT2D eigenvalue weighted by Crippen LogP contribution is -2.47. The van der Waals surface area contributed by atoms with Gasteiger partial charge < -0.3 is 20.7 Å². The molecule has 0 aromatic heterocycles. The average molecular weight is 488 g/mol. The molecule has 0 saturated carbocycles. The topological polar surface area (TPSA) is 80.0 Å². The van der Waals surface area contributed by atoms with E-state index in [9.17, 15) is 4.79 Å². The maximum absolute atomic E-state index is 11.2. The number of carbonyl (C=O) groups is 1. The fourth-order valence-corrected chi connectivity index (χ4v) is 3.54. The van der Waals surface area contributed by atoms with Gasteiger partial charge in [0.15, 0.2) is 5.96 Å². The molecule has 7 heteroatoms. The zero-order chi connectivity index (χ0) is 18.9. The molecule has 0 aliphatic carbocycles. The van der Waals surface area contributed by atoms with Gasteiger partial charge in [0.2, 0.25) is 5.91 Å². The second kappa shape index (κ2) is 12.0. The van der Waals surface area contributed by atoms with Gasteiger partial charge in [-0.15, -0.1) is 24.0 Å². The molecule has 1 heterocycles. The van der Waals surface area contributed by atoms with Gasteiger partial charge >= 0.3 is 0 Å². The van der Waals surface area contributed by atoms with E-state index in [1.807, 2.05) is 19.2 Å². The first-order chi connectivity index (χ1) is 12.5. The molecule has 2 rings (SSSR count). The first-order valence-corrected chi connectivity index (χ1v) is 9.41. The van der Waals surface area contributed by atoms with Crippen molar-refractivity contribution in [3.05, 3.63) is 29.8 Å². The molecule has 0 bridgehead atoms. The number of hydrogen-bond acceptors (Lipinski definition) is 3. The summed E-state index contributed by atoms with van der Waals surface area (Å²) in [6, 6.07) is 8.25. The highest BCUT2D eigenvalue weighted by molar-refractivity contribution is 14.0. The van der Waals surface area contributed by atoms with Gasteiger partial charge in [0.1, 0.15) is 5.75 Å². The van der Waals surface area contributed by atoms with Gasteiger partial charge in [0, 0.05) is 33.1 Å². The predicted molar refractivity (Wildman–Crippen MR) is 121 cm³/mol. The van der Waals surface area contributed by atoms with Crippen molar-refractivity contribution in [2.24, 2.45) is 16.6 Å². The highest BCUT2D eigenvalue weighted by atomic mass is 127. The summed E-state index contributed by atoms with van der Waals surface area (Å²) >= 11 is 0. The SMILES string of the molecule is CN=C(NCCC(C)c1ccc(OC)cc1)N1CCCC(CC(N)=O)C1.I. The van der Waals surface area contributed by atoms with E-state index in [0.29, 0.717) is 18.3 Å². The number of nitrogens with two attached hydrogens (primary N) is 1. The molecule has 152 valence electrons. The molecule has 1 aromatic rings. The fourth-order valence-electron chi connectivity index (χ4n) is 3.54. The number of aliphatic imine (C=N–C) groups is 1. The maximum atomic E-state index is 11.2. The number of benzene rings is 1. The Morgan fingerprint density at radius 3 is 2.70 bits per heavy atom. The molecule has 3 N–H and O–H groups in total. The molecular weight excluding hydrogens is 455 g/mol. The van der Waals surface area contributed by atoms with Crippen LogP contribution >= 0.6 is 24.0 Å². The normalized spacial score (nSPS) is 18.4. The van der Waals surface area contributed by atoms with Crippen LogP contribution in [0.5, 0.6) is 5.75 Å². The van der Waals surface area contributed by atoms with Crippen LogP contribution in [0.4, 0.5) is 0 Å². The predicted octanol–water partition coefficient (Wildman–Crippen LogP) is 2.97. The number of hydrogen-bond donors (Lipinski definition) is 2. The Hall–Kier alpha value is -1.51. The smallest absolute Gasteiger partial charge is 0.217 e. The quantitative estimate of drug-likeness (QED) is 0.352. The van der Waals surface area contributed by atoms with E-state index in [-0.39, 0.29) is 29.9 Å². The number of halogens is 1. The van der Waals surface area contributed by atoms with Gasteiger partial charge in [-0.1, -0.05) is 19.1 Å². The molecule has 2 unspecified atom stereocenters. The zero-order valence-corrected chi connectivity index (χ0v) is 18.9. The van der Waals surface area contributed by atoms with Gasteiger partial charge in [-0.3, -0.25) is 9.79 Å². The molecule has 1 aliphatic heterocycles. The van der Waals surface area contributed by atoms with Gasteiger partial charge in [-0.05, 0) is 48.8 Å². The zero-order valence-electron chi connectivity index (χ0n) is 16.6. The Morgan fingerprint density at radius 2 is 2.11 bits per heavy atom. The fraction of sp³-hybridized carbons (Fsp3) is 0.600. The summed E-state index contributed by atoms with van der Waals surface area (Å²) in [6.07, 6.45) is 3.61. The number of likely N-dealkylation sites (tertiary alicyclic amines) is 1. The minimum absolute atomic E-state index is 0.